The molecule has 6 nitrogen and oxygen atoms in total. The molecule has 0 aliphatic rings. The number of hydrogen-bond acceptors (Lipinski definition) is 3. The van der Waals surface area contributed by atoms with Crippen LogP contribution in [0.15, 0.2) is 35.6 Å². The van der Waals surface area contributed by atoms with Crippen LogP contribution >= 0.6 is 0 Å². The summed E-state index contributed by atoms with van der Waals surface area (Å²) in [5, 5.41) is 14.4. The SMILES string of the molecule is CCc1nncn1CCNC(=NC)NCCC(C)c1cccc(C(F)(F)F)c1. The molecule has 1 heterocycles. The maximum atomic E-state index is 12.9. The van der Waals surface area contributed by atoms with E-state index in [0.29, 0.717) is 31.0 Å². The van der Waals surface area contributed by atoms with Crippen LogP contribution in [-0.2, 0) is 19.1 Å². The molecule has 0 amide bonds. The summed E-state index contributed by atoms with van der Waals surface area (Å²) in [6.45, 7) is 5.93. The smallest absolute Gasteiger partial charge is 0.356 e. The first-order valence-electron chi connectivity index (χ1n) is 9.33. The van der Waals surface area contributed by atoms with Crippen LogP contribution in [0.3, 0.4) is 0 Å². The molecule has 0 fully saturated rings. The normalized spacial score (nSPS) is 13.4. The average molecular weight is 396 g/mol. The van der Waals surface area contributed by atoms with Gasteiger partial charge in [-0.15, -0.1) is 10.2 Å². The number of alkyl halides is 3. The number of nitrogens with one attached hydrogen (secondary N) is 2. The van der Waals surface area contributed by atoms with E-state index in [1.807, 2.05) is 18.4 Å². The molecule has 0 aliphatic heterocycles. The minimum absolute atomic E-state index is 0.00274. The van der Waals surface area contributed by atoms with Crippen molar-refractivity contribution >= 4 is 5.96 Å². The van der Waals surface area contributed by atoms with E-state index >= 15 is 0 Å². The second-order valence-corrected chi connectivity index (χ2v) is 6.53. The molecule has 0 bridgehead atoms. The molecule has 2 N–H and O–H groups in total. The third-order valence-electron chi connectivity index (χ3n) is 4.53. The number of halogens is 3. The van der Waals surface area contributed by atoms with Gasteiger partial charge in [-0.25, -0.2) is 0 Å². The highest BCUT2D eigenvalue weighted by atomic mass is 19.4. The molecular formula is C19H27F3N6. The van der Waals surface area contributed by atoms with Crippen molar-refractivity contribution in [3.05, 3.63) is 47.5 Å². The first-order chi connectivity index (χ1) is 13.3. The van der Waals surface area contributed by atoms with Crippen molar-refractivity contribution in [1.29, 1.82) is 0 Å². The summed E-state index contributed by atoms with van der Waals surface area (Å²) in [6.07, 6.45) is -1.11. The fourth-order valence-electron chi connectivity index (χ4n) is 2.85. The molecule has 1 atom stereocenters. The Balaban J connectivity index is 1.77. The molecule has 0 radical (unpaired) electrons. The lowest BCUT2D eigenvalue weighted by Gasteiger charge is -2.16. The van der Waals surface area contributed by atoms with E-state index in [4.69, 9.17) is 0 Å². The van der Waals surface area contributed by atoms with Gasteiger partial charge in [-0.3, -0.25) is 4.99 Å². The molecular weight excluding hydrogens is 369 g/mol. The lowest BCUT2D eigenvalue weighted by molar-refractivity contribution is -0.137. The van der Waals surface area contributed by atoms with Crippen molar-refractivity contribution in [2.45, 2.75) is 45.3 Å². The second-order valence-electron chi connectivity index (χ2n) is 6.53. The summed E-state index contributed by atoms with van der Waals surface area (Å²) in [7, 11) is 1.68. The topological polar surface area (TPSA) is 67.1 Å². The number of aromatic nitrogens is 3. The van der Waals surface area contributed by atoms with Gasteiger partial charge < -0.3 is 15.2 Å². The Kier molecular flexibility index (Phi) is 7.83. The van der Waals surface area contributed by atoms with Crippen LogP contribution in [0.25, 0.3) is 0 Å². The van der Waals surface area contributed by atoms with E-state index in [2.05, 4.69) is 25.8 Å². The van der Waals surface area contributed by atoms with E-state index < -0.39 is 11.7 Å². The number of aliphatic imine (C=N–C) groups is 1. The van der Waals surface area contributed by atoms with E-state index in [1.54, 1.807) is 19.4 Å². The second kappa shape index (κ2) is 10.1. The molecule has 1 unspecified atom stereocenters. The molecule has 2 rings (SSSR count). The van der Waals surface area contributed by atoms with E-state index in [1.165, 1.54) is 12.1 Å². The maximum absolute atomic E-state index is 12.9. The fraction of sp³-hybridized carbons (Fsp3) is 0.526. The molecule has 154 valence electrons. The number of guanidine groups is 1. The van der Waals surface area contributed by atoms with Crippen molar-refractivity contribution in [1.82, 2.24) is 25.4 Å². The first-order valence-corrected chi connectivity index (χ1v) is 9.33. The quantitative estimate of drug-likeness (QED) is 0.531. The van der Waals surface area contributed by atoms with Crippen LogP contribution in [0.1, 0.15) is 43.1 Å². The minimum atomic E-state index is -4.32. The molecule has 0 saturated heterocycles. The van der Waals surface area contributed by atoms with Crippen LogP contribution in [0.5, 0.6) is 0 Å². The molecule has 2 aromatic rings. The summed E-state index contributed by atoms with van der Waals surface area (Å²) < 4.78 is 40.6. The van der Waals surface area contributed by atoms with Gasteiger partial charge in [-0.2, -0.15) is 13.2 Å². The molecule has 0 spiro atoms. The van der Waals surface area contributed by atoms with Gasteiger partial charge in [0.2, 0.25) is 0 Å². The van der Waals surface area contributed by atoms with Crippen LogP contribution in [-0.4, -0.2) is 40.9 Å². The fourth-order valence-corrected chi connectivity index (χ4v) is 2.85. The van der Waals surface area contributed by atoms with Gasteiger partial charge in [0.1, 0.15) is 12.2 Å². The highest BCUT2D eigenvalue weighted by Gasteiger charge is 2.30. The van der Waals surface area contributed by atoms with Gasteiger partial charge in [-0.1, -0.05) is 32.0 Å². The molecule has 28 heavy (non-hydrogen) atoms. The number of rotatable bonds is 8. The monoisotopic (exact) mass is 396 g/mol. The van der Waals surface area contributed by atoms with Crippen molar-refractivity contribution in [3.63, 3.8) is 0 Å². The summed E-state index contributed by atoms with van der Waals surface area (Å²) >= 11 is 0. The Morgan fingerprint density at radius 3 is 2.68 bits per heavy atom. The zero-order valence-corrected chi connectivity index (χ0v) is 16.4. The Morgan fingerprint density at radius 1 is 1.25 bits per heavy atom. The highest BCUT2D eigenvalue weighted by molar-refractivity contribution is 5.79. The van der Waals surface area contributed by atoms with Crippen molar-refractivity contribution < 1.29 is 13.2 Å². The zero-order valence-electron chi connectivity index (χ0n) is 16.4. The van der Waals surface area contributed by atoms with Crippen LogP contribution in [0, 0.1) is 0 Å². The first kappa shape index (κ1) is 21.7. The number of nitrogens with zero attached hydrogens (tertiary/aromatic N) is 4. The van der Waals surface area contributed by atoms with Crippen LogP contribution < -0.4 is 10.6 Å². The Morgan fingerprint density at radius 2 is 2.00 bits per heavy atom. The van der Waals surface area contributed by atoms with Gasteiger partial charge in [-0.05, 0) is 24.0 Å². The van der Waals surface area contributed by atoms with Gasteiger partial charge >= 0.3 is 6.18 Å². The zero-order chi connectivity index (χ0) is 20.6. The Labute approximate surface area is 163 Å². The average Bonchev–Trinajstić information content (AvgIpc) is 3.13. The summed E-state index contributed by atoms with van der Waals surface area (Å²) in [6, 6.07) is 5.51. The number of aryl methyl sites for hydroxylation is 1. The third kappa shape index (κ3) is 6.24. The minimum Gasteiger partial charge on any atom is -0.356 e. The number of hydrogen-bond donors (Lipinski definition) is 2. The molecule has 0 aliphatic carbocycles. The van der Waals surface area contributed by atoms with Gasteiger partial charge in [0.05, 0.1) is 5.56 Å². The van der Waals surface area contributed by atoms with Crippen LogP contribution in [0.2, 0.25) is 0 Å². The molecule has 0 saturated carbocycles. The van der Waals surface area contributed by atoms with Crippen molar-refractivity contribution in [2.75, 3.05) is 20.1 Å². The summed E-state index contributed by atoms with van der Waals surface area (Å²) in [5.74, 6) is 1.58. The summed E-state index contributed by atoms with van der Waals surface area (Å²) in [5.41, 5.74) is 0.0713. The van der Waals surface area contributed by atoms with Crippen LogP contribution in [0.4, 0.5) is 13.2 Å². The van der Waals surface area contributed by atoms with Gasteiger partial charge in [0, 0.05) is 33.1 Å². The van der Waals surface area contributed by atoms with Gasteiger partial charge in [0.15, 0.2) is 5.96 Å². The van der Waals surface area contributed by atoms with Crippen molar-refractivity contribution in [3.8, 4) is 0 Å². The number of benzene rings is 1. The lowest BCUT2D eigenvalue weighted by atomic mass is 9.96. The summed E-state index contributed by atoms with van der Waals surface area (Å²) in [4.78, 5) is 4.17. The predicted molar refractivity (Wildman–Crippen MR) is 103 cm³/mol. The predicted octanol–water partition coefficient (Wildman–Crippen LogP) is 3.22. The van der Waals surface area contributed by atoms with Gasteiger partial charge in [0.25, 0.3) is 0 Å². The lowest BCUT2D eigenvalue weighted by Crippen LogP contribution is -2.39. The van der Waals surface area contributed by atoms with E-state index in [-0.39, 0.29) is 5.92 Å². The molecule has 9 heteroatoms. The highest BCUT2D eigenvalue weighted by Crippen LogP contribution is 2.31. The maximum Gasteiger partial charge on any atom is 0.416 e. The Bertz CT molecular complexity index is 769. The Hall–Kier alpha value is -2.58. The largest absolute Gasteiger partial charge is 0.416 e. The third-order valence-corrected chi connectivity index (χ3v) is 4.53. The van der Waals surface area contributed by atoms with E-state index in [0.717, 1.165) is 24.9 Å². The molecule has 1 aromatic carbocycles. The standard InChI is InChI=1S/C19H27F3N6/c1-4-17-27-26-13-28(17)11-10-25-18(23-3)24-9-8-14(2)15-6-5-7-16(12-15)19(20,21)22/h5-7,12-14H,4,8-11H2,1-3H3,(H2,23,24,25). The molecule has 1 aromatic heterocycles. The van der Waals surface area contributed by atoms with Crippen molar-refractivity contribution in [2.24, 2.45) is 4.99 Å². The van der Waals surface area contributed by atoms with E-state index in [9.17, 15) is 13.2 Å².